The van der Waals surface area contributed by atoms with Crippen LogP contribution in [-0.4, -0.2) is 50.5 Å². The van der Waals surface area contributed by atoms with E-state index in [-0.39, 0.29) is 28.2 Å². The second-order valence-electron chi connectivity index (χ2n) is 8.43. The van der Waals surface area contributed by atoms with Crippen molar-refractivity contribution in [3.63, 3.8) is 0 Å². The standard InChI is InChI=1S/C23H27Cl4N3O4S/c1-14(2)11-28-23(32)15(3)29(12-19-20(26)6-5-7-21(19)27)22(31)13-30(35(4,33)34)18-9-16(24)8-17(25)10-18/h5-10,14-15H,11-13H2,1-4H3,(H,28,32). The van der Waals surface area contributed by atoms with Gasteiger partial charge < -0.3 is 10.2 Å². The van der Waals surface area contributed by atoms with Gasteiger partial charge in [-0.25, -0.2) is 8.42 Å². The zero-order valence-corrected chi connectivity index (χ0v) is 23.5. The van der Waals surface area contributed by atoms with Crippen LogP contribution in [0.15, 0.2) is 36.4 Å². The van der Waals surface area contributed by atoms with Crippen molar-refractivity contribution in [3.05, 3.63) is 62.1 Å². The van der Waals surface area contributed by atoms with Crippen LogP contribution in [0.25, 0.3) is 0 Å². The Labute approximate surface area is 226 Å². The number of nitrogens with zero attached hydrogens (tertiary/aromatic N) is 2. The third-order valence-electron chi connectivity index (χ3n) is 5.06. The molecule has 0 aliphatic rings. The Morgan fingerprint density at radius 3 is 2.00 bits per heavy atom. The molecule has 1 atom stereocenters. The lowest BCUT2D eigenvalue weighted by Crippen LogP contribution is -2.51. The summed E-state index contributed by atoms with van der Waals surface area (Å²) >= 11 is 24.7. The third kappa shape index (κ3) is 8.43. The zero-order valence-electron chi connectivity index (χ0n) is 19.7. The number of carbonyl (C=O) groups excluding carboxylic acids is 2. The first-order valence-electron chi connectivity index (χ1n) is 10.6. The van der Waals surface area contributed by atoms with E-state index in [1.54, 1.807) is 25.1 Å². The molecule has 0 aliphatic heterocycles. The number of nitrogens with one attached hydrogen (secondary N) is 1. The molecule has 2 aromatic rings. The molecular formula is C23H27Cl4N3O4S. The van der Waals surface area contributed by atoms with Gasteiger partial charge in [0.25, 0.3) is 0 Å². The summed E-state index contributed by atoms with van der Waals surface area (Å²) in [5, 5.41) is 3.83. The van der Waals surface area contributed by atoms with Gasteiger partial charge in [0.15, 0.2) is 0 Å². The average molecular weight is 583 g/mol. The van der Waals surface area contributed by atoms with Crippen LogP contribution in [0.1, 0.15) is 26.3 Å². The van der Waals surface area contributed by atoms with Gasteiger partial charge in [0.05, 0.1) is 11.9 Å². The number of halogens is 4. The van der Waals surface area contributed by atoms with E-state index < -0.39 is 34.4 Å². The van der Waals surface area contributed by atoms with Crippen LogP contribution in [0.4, 0.5) is 5.69 Å². The van der Waals surface area contributed by atoms with Crippen molar-refractivity contribution in [1.29, 1.82) is 0 Å². The van der Waals surface area contributed by atoms with E-state index in [4.69, 9.17) is 46.4 Å². The van der Waals surface area contributed by atoms with Crippen molar-refractivity contribution in [3.8, 4) is 0 Å². The number of hydrogen-bond donors (Lipinski definition) is 1. The molecule has 1 unspecified atom stereocenters. The van der Waals surface area contributed by atoms with E-state index in [1.165, 1.54) is 23.1 Å². The van der Waals surface area contributed by atoms with Gasteiger partial charge in [0.1, 0.15) is 12.6 Å². The number of carbonyl (C=O) groups is 2. The molecule has 0 aromatic heterocycles. The lowest BCUT2D eigenvalue weighted by molar-refractivity contribution is -0.139. The van der Waals surface area contributed by atoms with Crippen LogP contribution in [-0.2, 0) is 26.2 Å². The highest BCUT2D eigenvalue weighted by molar-refractivity contribution is 7.92. The predicted molar refractivity (Wildman–Crippen MR) is 143 cm³/mol. The quantitative estimate of drug-likeness (QED) is 0.414. The van der Waals surface area contributed by atoms with E-state index in [0.29, 0.717) is 22.2 Å². The van der Waals surface area contributed by atoms with E-state index in [1.807, 2.05) is 13.8 Å². The van der Waals surface area contributed by atoms with Gasteiger partial charge in [-0.05, 0) is 43.2 Å². The summed E-state index contributed by atoms with van der Waals surface area (Å²) < 4.78 is 26.1. The number of hydrogen-bond acceptors (Lipinski definition) is 4. The first kappa shape index (κ1) is 29.5. The molecule has 0 aliphatic carbocycles. The number of rotatable bonds is 10. The molecule has 0 fully saturated rings. The third-order valence-corrected chi connectivity index (χ3v) is 7.34. The summed E-state index contributed by atoms with van der Waals surface area (Å²) in [4.78, 5) is 27.6. The fourth-order valence-electron chi connectivity index (χ4n) is 3.19. The number of benzene rings is 2. The van der Waals surface area contributed by atoms with Gasteiger partial charge in [-0.1, -0.05) is 66.3 Å². The molecule has 35 heavy (non-hydrogen) atoms. The van der Waals surface area contributed by atoms with Crippen LogP contribution in [0.2, 0.25) is 20.1 Å². The normalized spacial score (nSPS) is 12.4. The van der Waals surface area contributed by atoms with Gasteiger partial charge in [0, 0.05) is 38.7 Å². The molecule has 2 rings (SSSR count). The molecular weight excluding hydrogens is 556 g/mol. The monoisotopic (exact) mass is 581 g/mol. The van der Waals surface area contributed by atoms with E-state index >= 15 is 0 Å². The Morgan fingerprint density at radius 2 is 1.51 bits per heavy atom. The van der Waals surface area contributed by atoms with Gasteiger partial charge in [-0.15, -0.1) is 0 Å². The highest BCUT2D eigenvalue weighted by Crippen LogP contribution is 2.29. The minimum atomic E-state index is -3.92. The Kier molecular flexibility index (Phi) is 10.5. The van der Waals surface area contributed by atoms with E-state index in [9.17, 15) is 18.0 Å². The van der Waals surface area contributed by atoms with Crippen molar-refractivity contribution in [2.45, 2.75) is 33.4 Å². The summed E-state index contributed by atoms with van der Waals surface area (Å²) in [5.41, 5.74) is 0.551. The molecule has 0 bridgehead atoms. The highest BCUT2D eigenvalue weighted by atomic mass is 35.5. The van der Waals surface area contributed by atoms with Crippen LogP contribution < -0.4 is 9.62 Å². The number of sulfonamides is 1. The second kappa shape index (κ2) is 12.5. The Balaban J connectivity index is 2.46. The first-order chi connectivity index (χ1) is 16.2. The molecule has 0 saturated heterocycles. The summed E-state index contributed by atoms with van der Waals surface area (Å²) in [6, 6.07) is 8.16. The SMILES string of the molecule is CC(C)CNC(=O)C(C)N(Cc1c(Cl)cccc1Cl)C(=O)CN(c1cc(Cl)cc(Cl)c1)S(C)(=O)=O. The molecule has 12 heteroatoms. The van der Waals surface area contributed by atoms with E-state index in [0.717, 1.165) is 10.6 Å². The molecule has 0 heterocycles. The molecule has 2 amide bonds. The fraction of sp³-hybridized carbons (Fsp3) is 0.391. The Bertz CT molecular complexity index is 1150. The van der Waals surface area contributed by atoms with E-state index in [2.05, 4.69) is 5.32 Å². The minimum absolute atomic E-state index is 0.110. The van der Waals surface area contributed by atoms with Crippen LogP contribution >= 0.6 is 46.4 Å². The molecule has 0 spiro atoms. The summed E-state index contributed by atoms with van der Waals surface area (Å²) in [6.07, 6.45) is 0.961. The summed E-state index contributed by atoms with van der Waals surface area (Å²) in [5.74, 6) is -0.844. The van der Waals surface area contributed by atoms with Gasteiger partial charge >= 0.3 is 0 Å². The van der Waals surface area contributed by atoms with Gasteiger partial charge in [-0.2, -0.15) is 0 Å². The van der Waals surface area contributed by atoms with Crippen LogP contribution in [0, 0.1) is 5.92 Å². The highest BCUT2D eigenvalue weighted by Gasteiger charge is 2.31. The van der Waals surface area contributed by atoms with Crippen molar-refractivity contribution in [1.82, 2.24) is 10.2 Å². The maximum absolute atomic E-state index is 13.5. The summed E-state index contributed by atoms with van der Waals surface area (Å²) in [7, 11) is -3.92. The summed E-state index contributed by atoms with van der Waals surface area (Å²) in [6.45, 7) is 5.14. The van der Waals surface area contributed by atoms with Gasteiger partial charge in [0.2, 0.25) is 21.8 Å². The maximum Gasteiger partial charge on any atom is 0.244 e. The molecule has 0 radical (unpaired) electrons. The smallest absolute Gasteiger partial charge is 0.244 e. The Morgan fingerprint density at radius 1 is 0.971 bits per heavy atom. The molecule has 7 nitrogen and oxygen atoms in total. The zero-order chi connectivity index (χ0) is 26.5. The predicted octanol–water partition coefficient (Wildman–Crippen LogP) is 5.26. The Hall–Kier alpha value is -1.71. The molecule has 192 valence electrons. The van der Waals surface area contributed by atoms with Crippen molar-refractivity contribution in [2.75, 3.05) is 23.7 Å². The first-order valence-corrected chi connectivity index (χ1v) is 14.0. The lowest BCUT2D eigenvalue weighted by Gasteiger charge is -2.32. The van der Waals surface area contributed by atoms with Crippen LogP contribution in [0.3, 0.4) is 0 Å². The van der Waals surface area contributed by atoms with Gasteiger partial charge in [-0.3, -0.25) is 13.9 Å². The molecule has 1 N–H and O–H groups in total. The largest absolute Gasteiger partial charge is 0.354 e. The molecule has 0 saturated carbocycles. The molecule has 2 aromatic carbocycles. The van der Waals surface area contributed by atoms with Crippen molar-refractivity contribution >= 4 is 73.9 Å². The maximum atomic E-state index is 13.5. The minimum Gasteiger partial charge on any atom is -0.354 e. The van der Waals surface area contributed by atoms with Crippen molar-refractivity contribution in [2.24, 2.45) is 5.92 Å². The van der Waals surface area contributed by atoms with Crippen molar-refractivity contribution < 1.29 is 18.0 Å². The van der Waals surface area contributed by atoms with Crippen LogP contribution in [0.5, 0.6) is 0 Å². The lowest BCUT2D eigenvalue weighted by atomic mass is 10.1. The average Bonchev–Trinajstić information content (AvgIpc) is 2.73. The fourth-order valence-corrected chi connectivity index (χ4v) is 5.05. The topological polar surface area (TPSA) is 86.8 Å². The number of amides is 2. The number of anilines is 1. The second-order valence-corrected chi connectivity index (χ2v) is 12.0.